The zero-order valence-electron chi connectivity index (χ0n) is 18.6. The van der Waals surface area contributed by atoms with Gasteiger partial charge in [-0.25, -0.2) is 0 Å². The number of ether oxygens (including phenoxy) is 1. The van der Waals surface area contributed by atoms with Crippen LogP contribution in [0, 0.1) is 0 Å². The maximum absolute atomic E-state index is 12.9. The minimum absolute atomic E-state index is 0.0610. The SMILES string of the molecule is CN(C)C(=O)COc1ccc(C(=O)Nc2ccccc2Sc2ccccc2-c2nn[nH]n2)cc1. The fourth-order valence-corrected chi connectivity index (χ4v) is 3.99. The lowest BCUT2D eigenvalue weighted by Crippen LogP contribution is -2.27. The van der Waals surface area contributed by atoms with Crippen molar-refractivity contribution in [3.05, 3.63) is 78.4 Å². The quantitative estimate of drug-likeness (QED) is 0.400. The molecular weight excluding hydrogens is 452 g/mol. The van der Waals surface area contributed by atoms with Crippen molar-refractivity contribution < 1.29 is 14.3 Å². The monoisotopic (exact) mass is 474 g/mol. The van der Waals surface area contributed by atoms with Gasteiger partial charge in [0.25, 0.3) is 11.8 Å². The number of aromatic amines is 1. The molecule has 0 bridgehead atoms. The summed E-state index contributed by atoms with van der Waals surface area (Å²) < 4.78 is 5.47. The Bertz CT molecular complexity index is 1280. The molecule has 0 aliphatic rings. The molecule has 0 atom stereocenters. The number of amides is 2. The van der Waals surface area contributed by atoms with Crippen molar-refractivity contribution in [1.82, 2.24) is 25.5 Å². The summed E-state index contributed by atoms with van der Waals surface area (Å²) in [7, 11) is 3.33. The van der Waals surface area contributed by atoms with Gasteiger partial charge in [-0.1, -0.05) is 36.0 Å². The summed E-state index contributed by atoms with van der Waals surface area (Å²) >= 11 is 1.50. The van der Waals surface area contributed by atoms with Crippen LogP contribution >= 0.6 is 11.8 Å². The maximum Gasteiger partial charge on any atom is 0.259 e. The predicted molar refractivity (Wildman–Crippen MR) is 129 cm³/mol. The minimum atomic E-state index is -0.254. The van der Waals surface area contributed by atoms with Gasteiger partial charge in [0.15, 0.2) is 6.61 Å². The van der Waals surface area contributed by atoms with Gasteiger partial charge in [0, 0.05) is 35.0 Å². The molecule has 0 saturated heterocycles. The van der Waals surface area contributed by atoms with Gasteiger partial charge in [0.2, 0.25) is 5.82 Å². The van der Waals surface area contributed by atoms with Crippen LogP contribution in [0.15, 0.2) is 82.6 Å². The second-order valence-corrected chi connectivity index (χ2v) is 8.47. The third-order valence-corrected chi connectivity index (χ3v) is 5.96. The lowest BCUT2D eigenvalue weighted by atomic mass is 10.2. The number of anilines is 1. The number of hydrogen-bond acceptors (Lipinski definition) is 7. The van der Waals surface area contributed by atoms with Crippen LogP contribution in [-0.4, -0.2) is 58.0 Å². The predicted octanol–water partition coefficient (Wildman–Crippen LogP) is 3.74. The summed E-state index contributed by atoms with van der Waals surface area (Å²) in [6.07, 6.45) is 0. The number of nitrogens with zero attached hydrogens (tertiary/aromatic N) is 4. The molecule has 1 aromatic heterocycles. The lowest BCUT2D eigenvalue weighted by Gasteiger charge is -2.13. The van der Waals surface area contributed by atoms with Crippen LogP contribution in [0.4, 0.5) is 5.69 Å². The molecule has 0 aliphatic heterocycles. The summed E-state index contributed by atoms with van der Waals surface area (Å²) in [6, 6.07) is 21.9. The van der Waals surface area contributed by atoms with Crippen LogP contribution in [0.3, 0.4) is 0 Å². The smallest absolute Gasteiger partial charge is 0.259 e. The second-order valence-electron chi connectivity index (χ2n) is 7.39. The molecule has 2 amide bonds. The van der Waals surface area contributed by atoms with Crippen molar-refractivity contribution in [3.63, 3.8) is 0 Å². The lowest BCUT2D eigenvalue weighted by molar-refractivity contribution is -0.130. The average molecular weight is 475 g/mol. The molecule has 172 valence electrons. The summed E-state index contributed by atoms with van der Waals surface area (Å²) in [5.41, 5.74) is 1.99. The molecule has 0 radical (unpaired) electrons. The number of H-pyrrole nitrogens is 1. The molecule has 4 rings (SSSR count). The molecule has 3 aromatic carbocycles. The van der Waals surface area contributed by atoms with Crippen LogP contribution in [0.1, 0.15) is 10.4 Å². The van der Waals surface area contributed by atoms with E-state index >= 15 is 0 Å². The fraction of sp³-hybridized carbons (Fsp3) is 0.125. The number of rotatable bonds is 8. The highest BCUT2D eigenvalue weighted by Crippen LogP contribution is 2.38. The van der Waals surface area contributed by atoms with Crippen molar-refractivity contribution in [2.45, 2.75) is 9.79 Å². The number of carbonyl (C=O) groups is 2. The van der Waals surface area contributed by atoms with Crippen LogP contribution in [0.2, 0.25) is 0 Å². The highest BCUT2D eigenvalue weighted by atomic mass is 32.2. The van der Waals surface area contributed by atoms with E-state index in [1.807, 2.05) is 48.5 Å². The zero-order chi connectivity index (χ0) is 23.9. The number of hydrogen-bond donors (Lipinski definition) is 2. The van der Waals surface area contributed by atoms with E-state index in [0.717, 1.165) is 15.4 Å². The largest absolute Gasteiger partial charge is 0.484 e. The Morgan fingerprint density at radius 2 is 1.68 bits per heavy atom. The first-order valence-electron chi connectivity index (χ1n) is 10.4. The molecule has 9 nitrogen and oxygen atoms in total. The topological polar surface area (TPSA) is 113 Å². The Kier molecular flexibility index (Phi) is 7.19. The van der Waals surface area contributed by atoms with Gasteiger partial charge in [-0.15, -0.1) is 10.2 Å². The third-order valence-electron chi connectivity index (χ3n) is 4.81. The third kappa shape index (κ3) is 5.59. The molecule has 4 aromatic rings. The van der Waals surface area contributed by atoms with E-state index in [-0.39, 0.29) is 18.4 Å². The van der Waals surface area contributed by atoms with E-state index in [0.29, 0.717) is 22.8 Å². The number of carbonyl (C=O) groups excluding carboxylic acids is 2. The van der Waals surface area contributed by atoms with E-state index in [4.69, 9.17) is 4.74 Å². The van der Waals surface area contributed by atoms with Crippen molar-refractivity contribution in [3.8, 4) is 17.1 Å². The van der Waals surface area contributed by atoms with Crippen LogP contribution < -0.4 is 10.1 Å². The Labute approximate surface area is 200 Å². The van der Waals surface area contributed by atoms with Gasteiger partial charge in [-0.3, -0.25) is 9.59 Å². The molecule has 1 heterocycles. The Hall–Kier alpha value is -4.18. The van der Waals surface area contributed by atoms with Crippen LogP contribution in [0.25, 0.3) is 11.4 Å². The number of aromatic nitrogens is 4. The number of tetrazole rings is 1. The molecular formula is C24H22N6O3S. The first kappa shape index (κ1) is 23.0. The van der Waals surface area contributed by atoms with Gasteiger partial charge >= 0.3 is 0 Å². The van der Waals surface area contributed by atoms with Gasteiger partial charge in [0.05, 0.1) is 5.69 Å². The average Bonchev–Trinajstić information content (AvgIpc) is 3.39. The summed E-state index contributed by atoms with van der Waals surface area (Å²) in [5.74, 6) is 0.618. The second kappa shape index (κ2) is 10.6. The molecule has 0 unspecified atom stereocenters. The highest BCUT2D eigenvalue weighted by molar-refractivity contribution is 7.99. The maximum atomic E-state index is 12.9. The fourth-order valence-electron chi connectivity index (χ4n) is 2.96. The summed E-state index contributed by atoms with van der Waals surface area (Å²) in [5, 5.41) is 17.2. The molecule has 0 aliphatic carbocycles. The minimum Gasteiger partial charge on any atom is -0.484 e. The highest BCUT2D eigenvalue weighted by Gasteiger charge is 2.14. The Morgan fingerprint density at radius 3 is 2.38 bits per heavy atom. The first-order chi connectivity index (χ1) is 16.5. The van der Waals surface area contributed by atoms with Crippen molar-refractivity contribution >= 4 is 29.3 Å². The molecule has 2 N–H and O–H groups in total. The molecule has 10 heteroatoms. The van der Waals surface area contributed by atoms with Crippen molar-refractivity contribution in [2.75, 3.05) is 26.0 Å². The molecule has 0 saturated carbocycles. The van der Waals surface area contributed by atoms with Gasteiger partial charge in [0.1, 0.15) is 5.75 Å². The van der Waals surface area contributed by atoms with Crippen LogP contribution in [0.5, 0.6) is 5.75 Å². The number of nitrogens with one attached hydrogen (secondary N) is 2. The van der Waals surface area contributed by atoms with Gasteiger partial charge in [-0.2, -0.15) is 5.21 Å². The summed E-state index contributed by atoms with van der Waals surface area (Å²) in [6.45, 7) is -0.0610. The Morgan fingerprint density at radius 1 is 0.971 bits per heavy atom. The number of benzene rings is 3. The van der Waals surface area contributed by atoms with Gasteiger partial charge in [-0.05, 0) is 53.7 Å². The van der Waals surface area contributed by atoms with Crippen LogP contribution in [-0.2, 0) is 4.79 Å². The molecule has 34 heavy (non-hydrogen) atoms. The summed E-state index contributed by atoms with van der Waals surface area (Å²) in [4.78, 5) is 27.8. The molecule has 0 spiro atoms. The first-order valence-corrected chi connectivity index (χ1v) is 11.2. The normalized spacial score (nSPS) is 10.5. The van der Waals surface area contributed by atoms with E-state index < -0.39 is 0 Å². The number of likely N-dealkylation sites (N-methyl/N-ethyl adjacent to an activating group) is 1. The van der Waals surface area contributed by atoms with E-state index in [1.165, 1.54) is 16.7 Å². The van der Waals surface area contributed by atoms with Crippen molar-refractivity contribution in [1.29, 1.82) is 0 Å². The van der Waals surface area contributed by atoms with E-state index in [2.05, 4.69) is 25.9 Å². The van der Waals surface area contributed by atoms with Gasteiger partial charge < -0.3 is 15.0 Å². The van der Waals surface area contributed by atoms with E-state index in [9.17, 15) is 9.59 Å². The number of para-hydroxylation sites is 1. The van der Waals surface area contributed by atoms with Crippen molar-refractivity contribution in [2.24, 2.45) is 0 Å². The van der Waals surface area contributed by atoms with E-state index in [1.54, 1.807) is 38.4 Å². The standard InChI is InChI=1S/C24H22N6O3S/c1-30(2)22(31)15-33-17-13-11-16(12-14-17)24(32)25-19-8-4-6-10-21(19)34-20-9-5-3-7-18(20)23-26-28-29-27-23/h3-14H,15H2,1-2H3,(H,25,32)(H,26,27,28,29). The zero-order valence-corrected chi connectivity index (χ0v) is 19.4. The Balaban J connectivity index is 1.47. The molecule has 0 fully saturated rings.